The van der Waals surface area contributed by atoms with Crippen molar-refractivity contribution in [1.29, 1.82) is 0 Å². The first-order valence-corrected chi connectivity index (χ1v) is 8.67. The van der Waals surface area contributed by atoms with Crippen LogP contribution in [0.2, 0.25) is 5.02 Å². The number of rotatable bonds is 6. The van der Waals surface area contributed by atoms with Gasteiger partial charge in [-0.1, -0.05) is 25.4 Å². The SMILES string of the molecule is CCOC1CC(N)(C(=O)Nc2ccc(OC(C)C)c(Cl)c2)C1(C)C. The second-order valence-corrected chi connectivity index (χ2v) is 7.51. The normalized spacial score (nSPS) is 25.2. The number of amides is 1. The molecule has 0 radical (unpaired) electrons. The molecule has 2 rings (SSSR count). The highest BCUT2D eigenvalue weighted by Gasteiger charge is 2.62. The third-order valence-electron chi connectivity index (χ3n) is 4.79. The molecular weight excluding hydrogens is 328 g/mol. The fourth-order valence-corrected chi connectivity index (χ4v) is 3.22. The van der Waals surface area contributed by atoms with Gasteiger partial charge in [0.15, 0.2) is 0 Å². The van der Waals surface area contributed by atoms with Gasteiger partial charge < -0.3 is 20.5 Å². The van der Waals surface area contributed by atoms with Crippen LogP contribution in [0.25, 0.3) is 0 Å². The molecule has 24 heavy (non-hydrogen) atoms. The van der Waals surface area contributed by atoms with Crippen LogP contribution in [0.1, 0.15) is 41.0 Å². The number of halogens is 1. The summed E-state index contributed by atoms with van der Waals surface area (Å²) in [5.74, 6) is 0.365. The lowest BCUT2D eigenvalue weighted by atomic mass is 9.54. The zero-order valence-electron chi connectivity index (χ0n) is 15.0. The van der Waals surface area contributed by atoms with Gasteiger partial charge in [0.1, 0.15) is 11.3 Å². The van der Waals surface area contributed by atoms with Crippen molar-refractivity contribution in [2.75, 3.05) is 11.9 Å². The van der Waals surface area contributed by atoms with Gasteiger partial charge in [0.05, 0.1) is 17.2 Å². The van der Waals surface area contributed by atoms with Crippen LogP contribution in [0.4, 0.5) is 5.69 Å². The zero-order valence-corrected chi connectivity index (χ0v) is 15.7. The summed E-state index contributed by atoms with van der Waals surface area (Å²) in [5.41, 5.74) is 5.58. The van der Waals surface area contributed by atoms with Crippen molar-refractivity contribution in [3.8, 4) is 5.75 Å². The topological polar surface area (TPSA) is 73.6 Å². The zero-order chi connectivity index (χ0) is 18.1. The first-order valence-electron chi connectivity index (χ1n) is 8.30. The molecule has 6 heteroatoms. The van der Waals surface area contributed by atoms with E-state index in [0.29, 0.717) is 29.5 Å². The van der Waals surface area contributed by atoms with Gasteiger partial charge >= 0.3 is 0 Å². The lowest BCUT2D eigenvalue weighted by Gasteiger charge is -2.57. The molecule has 1 aromatic rings. The van der Waals surface area contributed by atoms with Crippen LogP contribution in [0.5, 0.6) is 5.75 Å². The van der Waals surface area contributed by atoms with E-state index >= 15 is 0 Å². The van der Waals surface area contributed by atoms with Gasteiger partial charge in [0.25, 0.3) is 0 Å². The quantitative estimate of drug-likeness (QED) is 0.818. The van der Waals surface area contributed by atoms with Gasteiger partial charge in [0.2, 0.25) is 5.91 Å². The van der Waals surface area contributed by atoms with E-state index in [2.05, 4.69) is 5.32 Å². The minimum Gasteiger partial charge on any atom is -0.489 e. The lowest BCUT2D eigenvalue weighted by Crippen LogP contribution is -2.74. The Morgan fingerprint density at radius 3 is 2.62 bits per heavy atom. The number of carbonyl (C=O) groups excluding carboxylic acids is 1. The van der Waals surface area contributed by atoms with Crippen molar-refractivity contribution < 1.29 is 14.3 Å². The average Bonchev–Trinajstić information content (AvgIpc) is 2.49. The van der Waals surface area contributed by atoms with Crippen molar-refractivity contribution >= 4 is 23.2 Å². The molecule has 0 bridgehead atoms. The molecule has 2 atom stereocenters. The number of nitrogens with two attached hydrogens (primary N) is 1. The van der Waals surface area contributed by atoms with Crippen LogP contribution in [0.15, 0.2) is 18.2 Å². The van der Waals surface area contributed by atoms with E-state index in [1.165, 1.54) is 0 Å². The standard InChI is InChI=1S/C18H27ClN2O3/c1-6-23-15-10-18(20,17(15,4)5)16(22)21-12-7-8-14(13(19)9-12)24-11(2)3/h7-9,11,15H,6,10,20H2,1-5H3,(H,21,22). The molecule has 1 saturated carbocycles. The van der Waals surface area contributed by atoms with Crippen LogP contribution in [0, 0.1) is 5.41 Å². The van der Waals surface area contributed by atoms with Gasteiger partial charge in [-0.15, -0.1) is 0 Å². The maximum atomic E-state index is 12.7. The summed E-state index contributed by atoms with van der Waals surface area (Å²) in [6, 6.07) is 5.18. The van der Waals surface area contributed by atoms with Crippen LogP contribution in [-0.2, 0) is 9.53 Å². The third kappa shape index (κ3) is 3.39. The van der Waals surface area contributed by atoms with Crippen molar-refractivity contribution in [2.45, 2.75) is 58.8 Å². The summed E-state index contributed by atoms with van der Waals surface area (Å²) < 4.78 is 11.3. The summed E-state index contributed by atoms with van der Waals surface area (Å²) in [6.07, 6.45) is 0.521. The Morgan fingerprint density at radius 2 is 2.12 bits per heavy atom. The summed E-state index contributed by atoms with van der Waals surface area (Å²) in [5, 5.41) is 3.32. The number of benzene rings is 1. The van der Waals surface area contributed by atoms with Crippen molar-refractivity contribution in [2.24, 2.45) is 11.1 Å². The molecule has 134 valence electrons. The van der Waals surface area contributed by atoms with Crippen molar-refractivity contribution in [3.05, 3.63) is 23.2 Å². The summed E-state index contributed by atoms with van der Waals surface area (Å²) in [6.45, 7) is 10.3. The minimum absolute atomic E-state index is 0.0105. The van der Waals surface area contributed by atoms with Crippen molar-refractivity contribution in [1.82, 2.24) is 0 Å². The Kier molecular flexibility index (Phi) is 5.47. The molecule has 0 heterocycles. The summed E-state index contributed by atoms with van der Waals surface area (Å²) in [7, 11) is 0. The Morgan fingerprint density at radius 1 is 1.46 bits per heavy atom. The van der Waals surface area contributed by atoms with Crippen LogP contribution < -0.4 is 15.8 Å². The van der Waals surface area contributed by atoms with E-state index in [-0.39, 0.29) is 18.1 Å². The van der Waals surface area contributed by atoms with Gasteiger partial charge in [-0.3, -0.25) is 4.79 Å². The maximum Gasteiger partial charge on any atom is 0.245 e. The molecule has 3 N–H and O–H groups in total. The van der Waals surface area contributed by atoms with Crippen molar-refractivity contribution in [3.63, 3.8) is 0 Å². The molecule has 2 unspecified atom stereocenters. The Bertz CT molecular complexity index is 618. The average molecular weight is 355 g/mol. The van der Waals surface area contributed by atoms with E-state index in [9.17, 15) is 4.79 Å². The van der Waals surface area contributed by atoms with E-state index in [1.807, 2.05) is 34.6 Å². The summed E-state index contributed by atoms with van der Waals surface area (Å²) >= 11 is 6.21. The number of nitrogens with one attached hydrogen (secondary N) is 1. The number of ether oxygens (including phenoxy) is 2. The van der Waals surface area contributed by atoms with E-state index in [4.69, 9.17) is 26.8 Å². The predicted octanol–water partition coefficient (Wildman–Crippen LogP) is 3.60. The highest BCUT2D eigenvalue weighted by molar-refractivity contribution is 6.32. The molecule has 0 spiro atoms. The Labute approximate surface area is 148 Å². The van der Waals surface area contributed by atoms with E-state index < -0.39 is 11.0 Å². The first kappa shape index (κ1) is 19.0. The molecule has 0 aliphatic heterocycles. The molecule has 1 aliphatic carbocycles. The van der Waals surface area contributed by atoms with Gasteiger partial charge in [-0.2, -0.15) is 0 Å². The molecular formula is C18H27ClN2O3. The molecule has 1 fully saturated rings. The van der Waals surface area contributed by atoms with E-state index in [0.717, 1.165) is 0 Å². The monoisotopic (exact) mass is 354 g/mol. The van der Waals surface area contributed by atoms with Gasteiger partial charge in [-0.25, -0.2) is 0 Å². The predicted molar refractivity (Wildman–Crippen MR) is 96.6 cm³/mol. The molecule has 1 aliphatic rings. The molecule has 0 saturated heterocycles. The Hall–Kier alpha value is -1.30. The number of anilines is 1. The highest BCUT2D eigenvalue weighted by Crippen LogP contribution is 2.50. The van der Waals surface area contributed by atoms with Gasteiger partial charge in [0, 0.05) is 24.1 Å². The number of hydrogen-bond donors (Lipinski definition) is 2. The third-order valence-corrected chi connectivity index (χ3v) is 5.08. The van der Waals surface area contributed by atoms with E-state index in [1.54, 1.807) is 18.2 Å². The highest BCUT2D eigenvalue weighted by atomic mass is 35.5. The lowest BCUT2D eigenvalue weighted by molar-refractivity contribution is -0.166. The fourth-order valence-electron chi connectivity index (χ4n) is 2.99. The Balaban J connectivity index is 2.09. The van der Waals surface area contributed by atoms with Crippen LogP contribution in [-0.4, -0.2) is 30.3 Å². The van der Waals surface area contributed by atoms with Crippen LogP contribution >= 0.6 is 11.6 Å². The van der Waals surface area contributed by atoms with Crippen LogP contribution in [0.3, 0.4) is 0 Å². The molecule has 0 aromatic heterocycles. The smallest absolute Gasteiger partial charge is 0.245 e. The molecule has 5 nitrogen and oxygen atoms in total. The largest absolute Gasteiger partial charge is 0.489 e. The second-order valence-electron chi connectivity index (χ2n) is 7.11. The minimum atomic E-state index is -0.966. The van der Waals surface area contributed by atoms with Gasteiger partial charge in [-0.05, 0) is 39.0 Å². The fraction of sp³-hybridized carbons (Fsp3) is 0.611. The molecule has 1 amide bonds. The first-order chi connectivity index (χ1) is 11.1. The summed E-state index contributed by atoms with van der Waals surface area (Å²) in [4.78, 5) is 12.7. The second kappa shape index (κ2) is 6.90. The number of hydrogen-bond acceptors (Lipinski definition) is 4. The number of carbonyl (C=O) groups is 1. The molecule has 1 aromatic carbocycles. The maximum absolute atomic E-state index is 12.7.